The number of guanidine groups is 1. The zero-order valence-electron chi connectivity index (χ0n) is 16.7. The lowest BCUT2D eigenvalue weighted by Crippen LogP contribution is -2.51. The van der Waals surface area contributed by atoms with Gasteiger partial charge in [-0.2, -0.15) is 0 Å². The Morgan fingerprint density at radius 3 is 2.71 bits per heavy atom. The minimum Gasteiger partial charge on any atom is -0.356 e. The van der Waals surface area contributed by atoms with Crippen LogP contribution < -0.4 is 10.6 Å². The fourth-order valence-corrected chi connectivity index (χ4v) is 3.78. The summed E-state index contributed by atoms with van der Waals surface area (Å²) in [6.07, 6.45) is 4.95. The van der Waals surface area contributed by atoms with Gasteiger partial charge < -0.3 is 10.6 Å². The van der Waals surface area contributed by atoms with Crippen molar-refractivity contribution in [1.82, 2.24) is 20.5 Å². The number of nitrogens with one attached hydrogen (secondary N) is 2. The molecule has 28 heavy (non-hydrogen) atoms. The van der Waals surface area contributed by atoms with Gasteiger partial charge in [0.25, 0.3) is 0 Å². The number of hydrogen-bond donors (Lipinski definition) is 2. The maximum absolute atomic E-state index is 5.84. The Labute approximate surface area is 173 Å². The lowest BCUT2D eigenvalue weighted by atomic mass is 9.97. The van der Waals surface area contributed by atoms with Crippen molar-refractivity contribution >= 4 is 17.6 Å². The molecule has 0 aliphatic carbocycles. The van der Waals surface area contributed by atoms with E-state index in [0.717, 1.165) is 50.4 Å². The van der Waals surface area contributed by atoms with E-state index in [-0.39, 0.29) is 0 Å². The van der Waals surface area contributed by atoms with E-state index >= 15 is 0 Å². The summed E-state index contributed by atoms with van der Waals surface area (Å²) in [6, 6.07) is 15.6. The molecule has 0 saturated carbocycles. The summed E-state index contributed by atoms with van der Waals surface area (Å²) in [5, 5.41) is 7.53. The molecule has 1 fully saturated rings. The predicted molar refractivity (Wildman–Crippen MR) is 117 cm³/mol. The van der Waals surface area contributed by atoms with Gasteiger partial charge >= 0.3 is 0 Å². The van der Waals surface area contributed by atoms with Gasteiger partial charge in [0.2, 0.25) is 0 Å². The number of pyridine rings is 1. The van der Waals surface area contributed by atoms with Gasteiger partial charge in [-0.25, -0.2) is 4.98 Å². The standard InChI is InChI=1S/C22H30ClN5/c1-17-14-20(11-13-28(17)16-19-6-4-3-5-7-19)27-22(24-2)25-12-10-18-8-9-21(23)26-15-18/h3-9,15,17,20H,10-14,16H2,1-2H3,(H2,24,25,27). The van der Waals surface area contributed by atoms with Gasteiger partial charge in [0.05, 0.1) is 0 Å². The molecule has 2 aromatic rings. The molecule has 0 radical (unpaired) electrons. The maximum atomic E-state index is 5.84. The van der Waals surface area contributed by atoms with Crippen molar-refractivity contribution in [3.8, 4) is 0 Å². The molecule has 6 heteroatoms. The predicted octanol–water partition coefficient (Wildman–Crippen LogP) is 3.50. The van der Waals surface area contributed by atoms with E-state index in [9.17, 15) is 0 Å². The lowest BCUT2D eigenvalue weighted by molar-refractivity contribution is 0.134. The number of halogens is 1. The van der Waals surface area contributed by atoms with Crippen LogP contribution in [0.2, 0.25) is 5.15 Å². The van der Waals surface area contributed by atoms with Gasteiger partial charge in [-0.05, 0) is 43.4 Å². The lowest BCUT2D eigenvalue weighted by Gasteiger charge is -2.38. The highest BCUT2D eigenvalue weighted by molar-refractivity contribution is 6.29. The van der Waals surface area contributed by atoms with Crippen molar-refractivity contribution < 1.29 is 0 Å². The van der Waals surface area contributed by atoms with Crippen molar-refractivity contribution in [2.24, 2.45) is 4.99 Å². The van der Waals surface area contributed by atoms with Crippen LogP contribution in [0, 0.1) is 0 Å². The Kier molecular flexibility index (Phi) is 7.69. The van der Waals surface area contributed by atoms with Crippen molar-refractivity contribution in [2.75, 3.05) is 20.1 Å². The minimum atomic E-state index is 0.449. The number of aliphatic imine (C=N–C) groups is 1. The van der Waals surface area contributed by atoms with Crippen LogP contribution in [0.5, 0.6) is 0 Å². The monoisotopic (exact) mass is 399 g/mol. The average molecular weight is 400 g/mol. The Morgan fingerprint density at radius 2 is 2.04 bits per heavy atom. The molecule has 1 aliphatic rings. The second-order valence-corrected chi connectivity index (χ2v) is 7.80. The largest absolute Gasteiger partial charge is 0.356 e. The zero-order valence-corrected chi connectivity index (χ0v) is 17.5. The van der Waals surface area contributed by atoms with Gasteiger partial charge in [0, 0.05) is 45.0 Å². The maximum Gasteiger partial charge on any atom is 0.191 e. The van der Waals surface area contributed by atoms with Gasteiger partial charge in [-0.3, -0.25) is 9.89 Å². The van der Waals surface area contributed by atoms with Crippen LogP contribution in [0.4, 0.5) is 0 Å². The van der Waals surface area contributed by atoms with Crippen LogP contribution in [0.3, 0.4) is 0 Å². The Bertz CT molecular complexity index is 747. The van der Waals surface area contributed by atoms with E-state index in [2.05, 4.69) is 62.8 Å². The van der Waals surface area contributed by atoms with Gasteiger partial charge in [-0.1, -0.05) is 48.0 Å². The molecule has 1 aromatic carbocycles. The first kappa shape index (κ1) is 20.6. The Morgan fingerprint density at radius 1 is 1.21 bits per heavy atom. The van der Waals surface area contributed by atoms with Crippen LogP contribution in [0.15, 0.2) is 53.7 Å². The molecular formula is C22H30ClN5. The van der Waals surface area contributed by atoms with Crippen LogP contribution in [-0.4, -0.2) is 48.1 Å². The molecule has 1 aliphatic heterocycles. The first-order valence-electron chi connectivity index (χ1n) is 9.99. The highest BCUT2D eigenvalue weighted by atomic mass is 35.5. The molecule has 0 amide bonds. The number of aromatic nitrogens is 1. The summed E-state index contributed by atoms with van der Waals surface area (Å²) >= 11 is 5.84. The molecule has 2 N–H and O–H groups in total. The molecule has 0 bridgehead atoms. The van der Waals surface area contributed by atoms with E-state index < -0.39 is 0 Å². The third-order valence-electron chi connectivity index (χ3n) is 5.30. The Balaban J connectivity index is 1.42. The highest BCUT2D eigenvalue weighted by Gasteiger charge is 2.25. The summed E-state index contributed by atoms with van der Waals surface area (Å²) < 4.78 is 0. The summed E-state index contributed by atoms with van der Waals surface area (Å²) in [4.78, 5) is 11.1. The third-order valence-corrected chi connectivity index (χ3v) is 5.53. The van der Waals surface area contributed by atoms with E-state index in [1.807, 2.05) is 25.4 Å². The Hall–Kier alpha value is -2.11. The first-order chi connectivity index (χ1) is 13.6. The molecule has 1 aromatic heterocycles. The first-order valence-corrected chi connectivity index (χ1v) is 10.4. The second-order valence-electron chi connectivity index (χ2n) is 7.41. The van der Waals surface area contributed by atoms with Crippen molar-refractivity contribution in [1.29, 1.82) is 0 Å². The molecule has 2 unspecified atom stereocenters. The van der Waals surface area contributed by atoms with E-state index in [1.165, 1.54) is 5.56 Å². The minimum absolute atomic E-state index is 0.449. The van der Waals surface area contributed by atoms with E-state index in [1.54, 1.807) is 0 Å². The molecule has 0 spiro atoms. The average Bonchev–Trinajstić information content (AvgIpc) is 2.71. The quantitative estimate of drug-likeness (QED) is 0.443. The number of piperidine rings is 1. The normalized spacial score (nSPS) is 20.8. The van der Waals surface area contributed by atoms with Crippen LogP contribution >= 0.6 is 11.6 Å². The topological polar surface area (TPSA) is 52.6 Å². The highest BCUT2D eigenvalue weighted by Crippen LogP contribution is 2.19. The number of likely N-dealkylation sites (tertiary alicyclic amines) is 1. The molecule has 3 rings (SSSR count). The molecule has 2 heterocycles. The van der Waals surface area contributed by atoms with Crippen molar-refractivity contribution in [2.45, 2.75) is 44.8 Å². The molecule has 1 saturated heterocycles. The van der Waals surface area contributed by atoms with E-state index in [4.69, 9.17) is 11.6 Å². The smallest absolute Gasteiger partial charge is 0.191 e. The third kappa shape index (κ3) is 6.21. The number of nitrogens with zero attached hydrogens (tertiary/aromatic N) is 3. The van der Waals surface area contributed by atoms with E-state index in [0.29, 0.717) is 17.2 Å². The van der Waals surface area contributed by atoms with Gasteiger partial charge in [0.1, 0.15) is 5.15 Å². The van der Waals surface area contributed by atoms with Gasteiger partial charge in [0.15, 0.2) is 5.96 Å². The summed E-state index contributed by atoms with van der Waals surface area (Å²) in [5.74, 6) is 0.871. The fraction of sp³-hybridized carbons (Fsp3) is 0.455. The molecular weight excluding hydrogens is 370 g/mol. The van der Waals surface area contributed by atoms with Crippen LogP contribution in [0.25, 0.3) is 0 Å². The zero-order chi connectivity index (χ0) is 19.8. The number of benzene rings is 1. The molecule has 150 valence electrons. The number of rotatable bonds is 6. The van der Waals surface area contributed by atoms with Gasteiger partial charge in [-0.15, -0.1) is 0 Å². The summed E-state index contributed by atoms with van der Waals surface area (Å²) in [6.45, 7) is 5.25. The van der Waals surface area contributed by atoms with Crippen molar-refractivity contribution in [3.05, 3.63) is 64.9 Å². The fourth-order valence-electron chi connectivity index (χ4n) is 3.67. The molecule has 5 nitrogen and oxygen atoms in total. The SMILES string of the molecule is CN=C(NCCc1ccc(Cl)nc1)NC1CCN(Cc2ccccc2)C(C)C1. The number of hydrogen-bond acceptors (Lipinski definition) is 3. The van der Waals surface area contributed by atoms with Crippen LogP contribution in [-0.2, 0) is 13.0 Å². The molecule has 2 atom stereocenters. The van der Waals surface area contributed by atoms with Crippen molar-refractivity contribution in [3.63, 3.8) is 0 Å². The van der Waals surface area contributed by atoms with Crippen LogP contribution in [0.1, 0.15) is 30.9 Å². The summed E-state index contributed by atoms with van der Waals surface area (Å²) in [7, 11) is 1.83. The summed E-state index contributed by atoms with van der Waals surface area (Å²) in [5.41, 5.74) is 2.55. The second kappa shape index (κ2) is 10.4.